The maximum absolute atomic E-state index is 13.5. The Hall–Kier alpha value is -1.97. The lowest BCUT2D eigenvalue weighted by molar-refractivity contribution is -0.905. The standard InChI is InChI=1S/C17H16F2I2N5O3/c1-11(6-23-16(22-2)29-10-17(19,20)21)14-3-4-15(27)26(24-14)8-12-5-13(18)9-25(28)7-12/h3-7,9,28H,2,8,10H2,1H3/q+1/b11-6+,23-16?. The van der Waals surface area contributed by atoms with Gasteiger partial charge in [0.15, 0.2) is 5.82 Å². The number of nitrogens with zero attached hydrogens (tertiary/aromatic N) is 5. The van der Waals surface area contributed by atoms with Crippen LogP contribution in [0, 0.1) is 5.82 Å². The predicted molar refractivity (Wildman–Crippen MR) is 120 cm³/mol. The second-order valence-corrected chi connectivity index (χ2v) is 11.2. The average Bonchev–Trinajstić information content (AvgIpc) is 2.61. The van der Waals surface area contributed by atoms with Crippen LogP contribution in [0.25, 0.3) is 5.57 Å². The second-order valence-electron chi connectivity index (χ2n) is 5.74. The van der Waals surface area contributed by atoms with Gasteiger partial charge < -0.3 is 4.74 Å². The maximum Gasteiger partial charge on any atom is 0.315 e. The van der Waals surface area contributed by atoms with E-state index >= 15 is 0 Å². The number of aromatic nitrogens is 3. The van der Waals surface area contributed by atoms with Crippen LogP contribution in [-0.4, -0.2) is 36.0 Å². The summed E-state index contributed by atoms with van der Waals surface area (Å²) in [5, 5.41) is 13.6. The average molecular weight is 630 g/mol. The van der Waals surface area contributed by atoms with Crippen molar-refractivity contribution in [3.63, 3.8) is 0 Å². The molecule has 0 saturated carbocycles. The van der Waals surface area contributed by atoms with E-state index in [2.05, 4.69) is 21.8 Å². The first kappa shape index (κ1) is 23.3. The van der Waals surface area contributed by atoms with E-state index in [0.717, 1.165) is 10.9 Å². The van der Waals surface area contributed by atoms with Crippen molar-refractivity contribution in [2.75, 3.05) is 6.61 Å². The predicted octanol–water partition coefficient (Wildman–Crippen LogP) is 2.88. The van der Waals surface area contributed by atoms with Gasteiger partial charge in [0.05, 0.1) is 12.2 Å². The maximum atomic E-state index is 13.5. The van der Waals surface area contributed by atoms with Crippen LogP contribution in [0.4, 0.5) is 8.78 Å². The zero-order chi connectivity index (χ0) is 21.6. The third-order valence-electron chi connectivity index (χ3n) is 3.35. The number of allylic oxidation sites excluding steroid dienone is 1. The van der Waals surface area contributed by atoms with Gasteiger partial charge in [-0.2, -0.15) is 5.10 Å². The number of halogens is 4. The molecule has 0 saturated heterocycles. The van der Waals surface area contributed by atoms with Crippen LogP contribution in [0.15, 0.2) is 51.6 Å². The second kappa shape index (κ2) is 10.2. The van der Waals surface area contributed by atoms with E-state index in [4.69, 9.17) is 4.74 Å². The summed E-state index contributed by atoms with van der Waals surface area (Å²) in [4.78, 5) is 19.7. The van der Waals surface area contributed by atoms with E-state index in [1.807, 2.05) is 0 Å². The molecular weight excluding hydrogens is 614 g/mol. The smallest absolute Gasteiger partial charge is 0.315 e. The molecule has 29 heavy (non-hydrogen) atoms. The molecule has 0 aliphatic rings. The number of aliphatic imine (C=N–C) groups is 2. The summed E-state index contributed by atoms with van der Waals surface area (Å²) in [6.45, 7) is 4.71. The number of pyridine rings is 1. The topological polar surface area (TPSA) is 93.0 Å². The molecule has 0 radical (unpaired) electrons. The molecule has 2 aromatic heterocycles. The van der Waals surface area contributed by atoms with Gasteiger partial charge in [0.25, 0.3) is 11.8 Å². The summed E-state index contributed by atoms with van der Waals surface area (Å²) in [7, 11) is 0. The highest BCUT2D eigenvalue weighted by Crippen LogP contribution is 2.29. The molecule has 0 aromatic carbocycles. The normalized spacial score (nSPS) is 12.7. The third kappa shape index (κ3) is 7.75. The Morgan fingerprint density at radius 1 is 1.48 bits per heavy atom. The van der Waals surface area contributed by atoms with Gasteiger partial charge in [0.1, 0.15) is 6.61 Å². The summed E-state index contributed by atoms with van der Waals surface area (Å²) in [5.41, 5.74) is 0.930. The molecule has 2 heterocycles. The van der Waals surface area contributed by atoms with E-state index in [1.54, 1.807) is 52.1 Å². The van der Waals surface area contributed by atoms with Crippen LogP contribution in [0.2, 0.25) is 0 Å². The van der Waals surface area contributed by atoms with Crippen molar-refractivity contribution >= 4 is 63.5 Å². The number of hydrogen-bond donors (Lipinski definition) is 1. The zero-order valence-electron chi connectivity index (χ0n) is 15.1. The molecule has 0 unspecified atom stereocenters. The summed E-state index contributed by atoms with van der Waals surface area (Å²) in [5.74, 6) is -0.653. The van der Waals surface area contributed by atoms with Gasteiger partial charge in [-0.1, -0.05) is 0 Å². The van der Waals surface area contributed by atoms with Crippen molar-refractivity contribution in [2.45, 2.75) is 15.2 Å². The van der Waals surface area contributed by atoms with E-state index in [9.17, 15) is 18.8 Å². The van der Waals surface area contributed by atoms with Gasteiger partial charge in [0, 0.05) is 22.6 Å². The third-order valence-corrected chi connectivity index (χ3v) is 3.97. The van der Waals surface area contributed by atoms with Crippen molar-refractivity contribution in [3.8, 4) is 0 Å². The molecule has 0 spiro atoms. The Balaban J connectivity index is 2.24. The Bertz CT molecular complexity index is 999. The molecule has 0 fully saturated rings. The molecule has 0 atom stereocenters. The molecule has 154 valence electrons. The number of alkyl halides is 3. The highest BCUT2D eigenvalue weighted by atomic mass is 127. The van der Waals surface area contributed by atoms with Gasteiger partial charge in [0.2, 0.25) is 7.88 Å². The Kier molecular flexibility index (Phi) is 8.18. The van der Waals surface area contributed by atoms with Crippen molar-refractivity contribution < 1.29 is 23.5 Å². The molecule has 0 amide bonds. The van der Waals surface area contributed by atoms with E-state index < -0.39 is 13.1 Å². The van der Waals surface area contributed by atoms with Crippen LogP contribution in [-0.2, 0) is 11.3 Å². The lowest BCUT2D eigenvalue weighted by Gasteiger charge is -2.10. The summed E-state index contributed by atoms with van der Waals surface area (Å²) >= 11 is 3.15. The van der Waals surface area contributed by atoms with Crippen LogP contribution in [0.5, 0.6) is 0 Å². The first-order valence-electron chi connectivity index (χ1n) is 7.97. The molecule has 1 N–H and O–H groups in total. The van der Waals surface area contributed by atoms with E-state index in [1.165, 1.54) is 30.6 Å². The van der Waals surface area contributed by atoms with Crippen LogP contribution < -0.4 is 10.3 Å². The van der Waals surface area contributed by atoms with Gasteiger partial charge >= 0.3 is 6.02 Å². The van der Waals surface area contributed by atoms with Crippen molar-refractivity contribution in [1.82, 2.24) is 9.78 Å². The fraction of sp³-hybridized carbons (Fsp3) is 0.235. The Morgan fingerprint density at radius 2 is 2.21 bits per heavy atom. The number of ether oxygens (including phenoxy) is 1. The highest BCUT2D eigenvalue weighted by molar-refractivity contribution is 14.2. The number of hydrogen-bond acceptors (Lipinski definition) is 5. The largest absolute Gasteiger partial charge is 0.458 e. The fourth-order valence-corrected chi connectivity index (χ4v) is 2.42. The van der Waals surface area contributed by atoms with E-state index in [0.29, 0.717) is 21.6 Å². The minimum Gasteiger partial charge on any atom is -0.458 e. The first-order chi connectivity index (χ1) is 13.6. The Morgan fingerprint density at radius 3 is 2.83 bits per heavy atom. The van der Waals surface area contributed by atoms with Gasteiger partial charge in [-0.15, -0.1) is 0 Å². The van der Waals surface area contributed by atoms with Crippen LogP contribution in [0.1, 0.15) is 18.2 Å². The van der Waals surface area contributed by atoms with Crippen molar-refractivity contribution in [1.29, 1.82) is 0 Å². The SMILES string of the molecule is C=NC(=N/C=C(\C)c1ccc(=O)n(Cc2cc(F)c[n+](O)c2)n1)OCC(F)(I)I. The molecule has 0 bridgehead atoms. The monoisotopic (exact) mass is 630 g/mol. The minimum atomic E-state index is -1.61. The van der Waals surface area contributed by atoms with Crippen LogP contribution in [0.3, 0.4) is 0 Å². The first-order valence-corrected chi connectivity index (χ1v) is 10.1. The number of rotatable bonds is 6. The fourth-order valence-electron chi connectivity index (χ4n) is 2.11. The van der Waals surface area contributed by atoms with Crippen molar-refractivity contribution in [2.24, 2.45) is 9.98 Å². The molecule has 2 rings (SSSR count). The van der Waals surface area contributed by atoms with Crippen LogP contribution >= 0.6 is 45.2 Å². The summed E-state index contributed by atoms with van der Waals surface area (Å²) in [6, 6.07) is 3.88. The van der Waals surface area contributed by atoms with Gasteiger partial charge in [-0.3, -0.25) is 10.0 Å². The summed E-state index contributed by atoms with van der Waals surface area (Å²) < 4.78 is 32.1. The highest BCUT2D eigenvalue weighted by Gasteiger charge is 2.22. The molecule has 12 heteroatoms. The van der Waals surface area contributed by atoms with Gasteiger partial charge in [-0.25, -0.2) is 23.4 Å². The van der Waals surface area contributed by atoms with Crippen molar-refractivity contribution in [3.05, 3.63) is 64.2 Å². The molecule has 2 aromatic rings. The zero-order valence-corrected chi connectivity index (χ0v) is 19.4. The number of amidine groups is 1. The summed E-state index contributed by atoms with van der Waals surface area (Å²) in [6.07, 6.45) is 3.55. The van der Waals surface area contributed by atoms with Gasteiger partial charge in [-0.05, 0) is 76.5 Å². The molecule has 0 aliphatic heterocycles. The van der Waals surface area contributed by atoms with E-state index in [-0.39, 0.29) is 19.2 Å². The molecule has 8 nitrogen and oxygen atoms in total. The Labute approximate surface area is 191 Å². The molecular formula is C17H16F2I2N5O3+. The minimum absolute atomic E-state index is 0.0476. The lowest BCUT2D eigenvalue weighted by atomic mass is 10.2. The lowest BCUT2D eigenvalue weighted by Crippen LogP contribution is -2.31. The quantitative estimate of drug-likeness (QED) is 0.133. The molecule has 0 aliphatic carbocycles.